The molecule has 0 saturated carbocycles. The fraction of sp³-hybridized carbons (Fsp3) is 0.235. The van der Waals surface area contributed by atoms with Crippen molar-refractivity contribution in [1.82, 2.24) is 9.13 Å². The Morgan fingerprint density at radius 1 is 1.00 bits per heavy atom. The molecule has 0 saturated heterocycles. The first-order chi connectivity index (χ1) is 10.7. The predicted octanol–water partition coefficient (Wildman–Crippen LogP) is 3.74. The highest BCUT2D eigenvalue weighted by Gasteiger charge is 2.08. The third-order valence-corrected chi connectivity index (χ3v) is 3.69. The molecule has 0 amide bonds. The van der Waals surface area contributed by atoms with Crippen LogP contribution >= 0.6 is 17.0 Å². The monoisotopic (exact) mass is 379 g/mol. The van der Waals surface area contributed by atoms with E-state index in [0.29, 0.717) is 24.5 Å². The summed E-state index contributed by atoms with van der Waals surface area (Å²) in [5.74, 6) is 0.356. The van der Waals surface area contributed by atoms with Gasteiger partial charge in [0.2, 0.25) is 5.62 Å². The van der Waals surface area contributed by atoms with Crippen LogP contribution in [-0.2, 0) is 13.1 Å². The summed E-state index contributed by atoms with van der Waals surface area (Å²) in [7, 11) is 0. The fourth-order valence-corrected chi connectivity index (χ4v) is 2.63. The van der Waals surface area contributed by atoms with Gasteiger partial charge in [0.1, 0.15) is 18.2 Å². The minimum atomic E-state index is -0.277. The molecule has 3 aromatic rings. The molecular weight excluding hydrogens is 361 g/mol. The van der Waals surface area contributed by atoms with Crippen molar-refractivity contribution in [2.75, 3.05) is 6.61 Å². The number of hydrogen-bond donors (Lipinski definition) is 1. The summed E-state index contributed by atoms with van der Waals surface area (Å²) in [6.45, 7) is 3.79. The number of benzene rings is 2. The van der Waals surface area contributed by atoms with Crippen molar-refractivity contribution in [2.45, 2.75) is 20.0 Å². The summed E-state index contributed by atoms with van der Waals surface area (Å²) in [5.41, 5.74) is 2.54. The van der Waals surface area contributed by atoms with E-state index in [-0.39, 0.29) is 22.8 Å². The van der Waals surface area contributed by atoms with Crippen molar-refractivity contribution in [1.29, 1.82) is 5.41 Å². The lowest BCUT2D eigenvalue weighted by molar-refractivity contribution is 0.296. The molecule has 0 atom stereocenters. The lowest BCUT2D eigenvalue weighted by Crippen LogP contribution is -2.26. The number of aryl methyl sites for hydroxylation is 1. The summed E-state index contributed by atoms with van der Waals surface area (Å²) >= 11 is 0. The first kappa shape index (κ1) is 17.3. The molecule has 23 heavy (non-hydrogen) atoms. The number of ether oxygens (including phenoxy) is 1. The number of fused-ring (bicyclic) bond motifs is 1. The first-order valence-corrected chi connectivity index (χ1v) is 7.31. The second-order valence-corrected chi connectivity index (χ2v) is 5.01. The van der Waals surface area contributed by atoms with E-state index < -0.39 is 0 Å². The van der Waals surface area contributed by atoms with Crippen molar-refractivity contribution in [3.8, 4) is 5.75 Å². The van der Waals surface area contributed by atoms with Gasteiger partial charge in [0, 0.05) is 6.54 Å². The number of nitrogens with one attached hydrogen (secondary N) is 1. The maximum absolute atomic E-state index is 12.9. The number of nitrogens with zero attached hydrogens (tertiary/aromatic N) is 2. The fourth-order valence-electron chi connectivity index (χ4n) is 2.63. The molecule has 3 rings (SSSR count). The molecule has 4 nitrogen and oxygen atoms in total. The van der Waals surface area contributed by atoms with Gasteiger partial charge in [-0.15, -0.1) is 17.0 Å². The van der Waals surface area contributed by atoms with Crippen LogP contribution in [0.15, 0.2) is 48.5 Å². The van der Waals surface area contributed by atoms with Gasteiger partial charge in [-0.3, -0.25) is 5.41 Å². The van der Waals surface area contributed by atoms with E-state index in [1.54, 1.807) is 12.1 Å². The maximum atomic E-state index is 12.9. The number of aromatic nitrogens is 2. The Kier molecular flexibility index (Phi) is 5.60. The van der Waals surface area contributed by atoms with Gasteiger partial charge in [-0.2, -0.15) is 0 Å². The molecule has 122 valence electrons. The second kappa shape index (κ2) is 7.46. The SMILES string of the molecule is Br.CCn1c(=N)n(CCOc2ccc(F)cc2)c2ccccc21. The first-order valence-electron chi connectivity index (χ1n) is 7.31. The van der Waals surface area contributed by atoms with Gasteiger partial charge in [0.25, 0.3) is 0 Å². The minimum absolute atomic E-state index is 0. The minimum Gasteiger partial charge on any atom is -0.492 e. The highest BCUT2D eigenvalue weighted by atomic mass is 79.9. The van der Waals surface area contributed by atoms with E-state index in [1.165, 1.54) is 12.1 Å². The zero-order valence-corrected chi connectivity index (χ0v) is 14.5. The molecule has 1 heterocycles. The van der Waals surface area contributed by atoms with Crippen molar-refractivity contribution < 1.29 is 9.13 Å². The molecule has 0 spiro atoms. The summed E-state index contributed by atoms with van der Waals surface area (Å²) in [6, 6.07) is 14.0. The molecule has 0 radical (unpaired) electrons. The topological polar surface area (TPSA) is 42.9 Å². The van der Waals surface area contributed by atoms with Crippen LogP contribution in [0.2, 0.25) is 0 Å². The number of imidazole rings is 1. The smallest absolute Gasteiger partial charge is 0.203 e. The van der Waals surface area contributed by atoms with Gasteiger partial charge < -0.3 is 13.9 Å². The molecule has 0 fully saturated rings. The third kappa shape index (κ3) is 3.47. The van der Waals surface area contributed by atoms with Crippen molar-refractivity contribution in [3.63, 3.8) is 0 Å². The van der Waals surface area contributed by atoms with Gasteiger partial charge in [-0.1, -0.05) is 12.1 Å². The molecule has 0 aliphatic rings. The zero-order chi connectivity index (χ0) is 15.5. The average molecular weight is 380 g/mol. The largest absolute Gasteiger partial charge is 0.492 e. The Labute approximate surface area is 144 Å². The Bertz CT molecular complexity index is 839. The van der Waals surface area contributed by atoms with E-state index in [2.05, 4.69) is 0 Å². The number of halogens is 2. The van der Waals surface area contributed by atoms with Crippen LogP contribution in [0.5, 0.6) is 5.75 Å². The molecule has 0 aliphatic carbocycles. The number of hydrogen-bond acceptors (Lipinski definition) is 2. The van der Waals surface area contributed by atoms with E-state index in [4.69, 9.17) is 10.1 Å². The van der Waals surface area contributed by atoms with Crippen LogP contribution in [-0.4, -0.2) is 15.7 Å². The lowest BCUT2D eigenvalue weighted by atomic mass is 10.3. The maximum Gasteiger partial charge on any atom is 0.203 e. The van der Waals surface area contributed by atoms with E-state index >= 15 is 0 Å². The molecule has 6 heteroatoms. The van der Waals surface area contributed by atoms with Gasteiger partial charge in [0.15, 0.2) is 0 Å². The quantitative estimate of drug-likeness (QED) is 0.720. The third-order valence-electron chi connectivity index (χ3n) is 3.69. The van der Waals surface area contributed by atoms with Crippen LogP contribution in [0.1, 0.15) is 6.92 Å². The van der Waals surface area contributed by atoms with E-state index in [1.807, 2.05) is 40.3 Å². The second-order valence-electron chi connectivity index (χ2n) is 5.01. The van der Waals surface area contributed by atoms with Crippen molar-refractivity contribution >= 4 is 28.0 Å². The number of para-hydroxylation sites is 2. The Morgan fingerprint density at radius 2 is 1.61 bits per heavy atom. The summed E-state index contributed by atoms with van der Waals surface area (Å²) < 4.78 is 22.4. The number of rotatable bonds is 5. The highest BCUT2D eigenvalue weighted by Crippen LogP contribution is 2.14. The van der Waals surface area contributed by atoms with Crippen LogP contribution < -0.4 is 10.4 Å². The molecule has 1 N–H and O–H groups in total. The Balaban J connectivity index is 0.00000192. The molecule has 0 aliphatic heterocycles. The molecule has 1 aromatic heterocycles. The van der Waals surface area contributed by atoms with Gasteiger partial charge in [0.05, 0.1) is 17.6 Å². The predicted molar refractivity (Wildman–Crippen MR) is 93.7 cm³/mol. The summed E-state index contributed by atoms with van der Waals surface area (Å²) in [4.78, 5) is 0. The normalized spacial score (nSPS) is 10.5. The Morgan fingerprint density at radius 3 is 2.22 bits per heavy atom. The molecule has 0 unspecified atom stereocenters. The lowest BCUT2D eigenvalue weighted by Gasteiger charge is -2.07. The summed E-state index contributed by atoms with van der Waals surface area (Å²) in [6.07, 6.45) is 0. The molecular formula is C17H19BrFN3O. The van der Waals surface area contributed by atoms with Crippen LogP contribution in [0.25, 0.3) is 11.0 Å². The Hall–Kier alpha value is -2.08. The standard InChI is InChI=1S/C17H18FN3O.BrH/c1-2-20-15-5-3-4-6-16(15)21(17(20)19)11-12-22-14-9-7-13(18)8-10-14;/h3-10,19H,2,11-12H2,1H3;1H. The highest BCUT2D eigenvalue weighted by molar-refractivity contribution is 8.93. The van der Waals surface area contributed by atoms with Gasteiger partial charge in [-0.25, -0.2) is 4.39 Å². The van der Waals surface area contributed by atoms with Crippen LogP contribution in [0.3, 0.4) is 0 Å². The summed E-state index contributed by atoms with van der Waals surface area (Å²) in [5, 5.41) is 8.31. The van der Waals surface area contributed by atoms with E-state index in [0.717, 1.165) is 17.6 Å². The van der Waals surface area contributed by atoms with Crippen LogP contribution in [0.4, 0.5) is 4.39 Å². The van der Waals surface area contributed by atoms with Crippen LogP contribution in [0, 0.1) is 11.2 Å². The van der Waals surface area contributed by atoms with Crippen molar-refractivity contribution in [3.05, 3.63) is 60.0 Å². The average Bonchev–Trinajstić information content (AvgIpc) is 2.81. The van der Waals surface area contributed by atoms with E-state index in [9.17, 15) is 4.39 Å². The molecule has 0 bridgehead atoms. The van der Waals surface area contributed by atoms with Crippen molar-refractivity contribution in [2.24, 2.45) is 0 Å². The zero-order valence-electron chi connectivity index (χ0n) is 12.8. The molecule has 2 aromatic carbocycles. The van der Waals surface area contributed by atoms with Gasteiger partial charge in [-0.05, 0) is 43.3 Å². The van der Waals surface area contributed by atoms with Gasteiger partial charge >= 0.3 is 0 Å².